The number of aromatic nitrogens is 1. The number of fused-ring (bicyclic) bond motifs is 1. The first-order valence-corrected chi connectivity index (χ1v) is 6.11. The molecule has 0 atom stereocenters. The molecular weight excluding hydrogens is 226 g/mol. The van der Waals surface area contributed by atoms with Crippen LogP contribution in [0, 0.1) is 23.7 Å². The Labute approximate surface area is 106 Å². The van der Waals surface area contributed by atoms with Crippen molar-refractivity contribution in [1.82, 2.24) is 4.98 Å². The zero-order valence-electron chi connectivity index (χ0n) is 10.6. The van der Waals surface area contributed by atoms with Crippen LogP contribution < -0.4 is 4.90 Å². The Morgan fingerprint density at radius 1 is 1.50 bits per heavy atom. The van der Waals surface area contributed by atoms with Gasteiger partial charge in [-0.15, -0.1) is 0 Å². The van der Waals surface area contributed by atoms with Crippen LogP contribution in [0.25, 0.3) is 11.1 Å². The van der Waals surface area contributed by atoms with E-state index in [1.807, 2.05) is 32.2 Å². The van der Waals surface area contributed by atoms with Crippen molar-refractivity contribution in [2.75, 3.05) is 18.5 Å². The van der Waals surface area contributed by atoms with Gasteiger partial charge in [0.1, 0.15) is 5.52 Å². The Morgan fingerprint density at radius 3 is 2.94 bits per heavy atom. The van der Waals surface area contributed by atoms with Gasteiger partial charge in [0.05, 0.1) is 11.5 Å². The van der Waals surface area contributed by atoms with Gasteiger partial charge in [0.15, 0.2) is 11.5 Å². The van der Waals surface area contributed by atoms with Crippen molar-refractivity contribution < 1.29 is 4.42 Å². The number of nitrogens with zero attached hydrogens (tertiary/aromatic N) is 3. The van der Waals surface area contributed by atoms with Gasteiger partial charge in [0, 0.05) is 32.3 Å². The van der Waals surface area contributed by atoms with Gasteiger partial charge in [-0.05, 0) is 25.0 Å². The lowest BCUT2D eigenvalue weighted by Gasteiger charge is -2.21. The highest BCUT2D eigenvalue weighted by Crippen LogP contribution is 2.45. The maximum atomic E-state index is 9.12. The van der Waals surface area contributed by atoms with E-state index in [1.165, 1.54) is 0 Å². The molecule has 0 saturated heterocycles. The predicted octanol–water partition coefficient (Wildman–Crippen LogP) is 2.88. The van der Waals surface area contributed by atoms with Gasteiger partial charge < -0.3 is 9.32 Å². The minimum atomic E-state index is -0.124. The van der Waals surface area contributed by atoms with Gasteiger partial charge in [-0.2, -0.15) is 5.26 Å². The SMILES string of the molecule is Cc1nc2ccc(N(C)CC3(C#N)CC3)cc2o1. The third kappa shape index (κ3) is 1.82. The third-order valence-corrected chi connectivity index (χ3v) is 3.55. The number of oxazole rings is 1. The summed E-state index contributed by atoms with van der Waals surface area (Å²) in [6.45, 7) is 2.63. The lowest BCUT2D eigenvalue weighted by Crippen LogP contribution is -2.25. The molecule has 92 valence electrons. The van der Waals surface area contributed by atoms with E-state index >= 15 is 0 Å². The number of anilines is 1. The van der Waals surface area contributed by atoms with Gasteiger partial charge in [0.2, 0.25) is 0 Å². The second kappa shape index (κ2) is 3.74. The lowest BCUT2D eigenvalue weighted by molar-refractivity contribution is 0.561. The topological polar surface area (TPSA) is 53.1 Å². The van der Waals surface area contributed by atoms with E-state index in [-0.39, 0.29) is 5.41 Å². The lowest BCUT2D eigenvalue weighted by atomic mass is 10.1. The van der Waals surface area contributed by atoms with E-state index in [2.05, 4.69) is 16.0 Å². The molecule has 4 nitrogen and oxygen atoms in total. The van der Waals surface area contributed by atoms with Crippen LogP contribution in [0.4, 0.5) is 5.69 Å². The van der Waals surface area contributed by atoms with Crippen LogP contribution in [-0.2, 0) is 0 Å². The maximum absolute atomic E-state index is 9.12. The summed E-state index contributed by atoms with van der Waals surface area (Å²) in [6, 6.07) is 8.39. The molecule has 1 aliphatic rings. The number of hydrogen-bond acceptors (Lipinski definition) is 4. The van der Waals surface area contributed by atoms with E-state index in [0.717, 1.165) is 36.2 Å². The van der Waals surface area contributed by atoms with E-state index in [1.54, 1.807) is 0 Å². The summed E-state index contributed by atoms with van der Waals surface area (Å²) < 4.78 is 5.53. The van der Waals surface area contributed by atoms with Crippen molar-refractivity contribution in [3.05, 3.63) is 24.1 Å². The smallest absolute Gasteiger partial charge is 0.192 e. The number of hydrogen-bond donors (Lipinski definition) is 0. The van der Waals surface area contributed by atoms with Crippen LogP contribution in [0.5, 0.6) is 0 Å². The maximum Gasteiger partial charge on any atom is 0.192 e. The molecule has 1 aromatic heterocycles. The Kier molecular flexibility index (Phi) is 2.30. The summed E-state index contributed by atoms with van der Waals surface area (Å²) in [4.78, 5) is 6.40. The minimum Gasteiger partial charge on any atom is -0.441 e. The summed E-state index contributed by atoms with van der Waals surface area (Å²) in [5, 5.41) is 9.12. The Balaban J connectivity index is 1.87. The molecule has 18 heavy (non-hydrogen) atoms. The summed E-state index contributed by atoms with van der Waals surface area (Å²) in [7, 11) is 2.02. The molecule has 0 amide bonds. The zero-order chi connectivity index (χ0) is 12.8. The second-order valence-electron chi connectivity index (χ2n) is 5.13. The molecule has 0 radical (unpaired) electrons. The Bertz CT molecular complexity index is 634. The summed E-state index contributed by atoms with van der Waals surface area (Å²) in [5.74, 6) is 0.681. The Hall–Kier alpha value is -2.02. The van der Waals surface area contributed by atoms with Crippen molar-refractivity contribution in [3.8, 4) is 6.07 Å². The fraction of sp³-hybridized carbons (Fsp3) is 0.429. The van der Waals surface area contributed by atoms with Gasteiger partial charge >= 0.3 is 0 Å². The summed E-state index contributed by atoms with van der Waals surface area (Å²) in [5.41, 5.74) is 2.63. The molecule has 1 saturated carbocycles. The van der Waals surface area contributed by atoms with Gasteiger partial charge in [-0.1, -0.05) is 0 Å². The first kappa shape index (κ1) is 11.1. The quantitative estimate of drug-likeness (QED) is 0.829. The molecule has 1 aliphatic carbocycles. The van der Waals surface area contributed by atoms with Crippen molar-refractivity contribution in [3.63, 3.8) is 0 Å². The van der Waals surface area contributed by atoms with Crippen molar-refractivity contribution in [1.29, 1.82) is 5.26 Å². The number of benzene rings is 1. The normalized spacial score (nSPS) is 16.5. The molecule has 1 fully saturated rings. The summed E-state index contributed by atoms with van der Waals surface area (Å²) in [6.07, 6.45) is 2.02. The number of nitriles is 1. The van der Waals surface area contributed by atoms with E-state index in [0.29, 0.717) is 5.89 Å². The molecule has 1 aromatic carbocycles. The van der Waals surface area contributed by atoms with E-state index in [4.69, 9.17) is 9.68 Å². The molecule has 0 unspecified atom stereocenters. The van der Waals surface area contributed by atoms with Crippen molar-refractivity contribution >= 4 is 16.8 Å². The fourth-order valence-corrected chi connectivity index (χ4v) is 2.27. The Morgan fingerprint density at radius 2 is 2.28 bits per heavy atom. The first-order valence-electron chi connectivity index (χ1n) is 6.11. The van der Waals surface area contributed by atoms with Gasteiger partial charge in [-0.25, -0.2) is 4.98 Å². The first-order chi connectivity index (χ1) is 8.62. The van der Waals surface area contributed by atoms with Crippen LogP contribution in [0.15, 0.2) is 22.6 Å². The molecule has 3 rings (SSSR count). The average molecular weight is 241 g/mol. The third-order valence-electron chi connectivity index (χ3n) is 3.55. The highest BCUT2D eigenvalue weighted by Gasteiger charge is 2.44. The van der Waals surface area contributed by atoms with Crippen LogP contribution in [-0.4, -0.2) is 18.6 Å². The molecule has 2 aromatic rings. The number of rotatable bonds is 3. The number of aryl methyl sites for hydroxylation is 1. The monoisotopic (exact) mass is 241 g/mol. The largest absolute Gasteiger partial charge is 0.441 e. The molecule has 0 aliphatic heterocycles. The average Bonchev–Trinajstić information content (AvgIpc) is 3.01. The summed E-state index contributed by atoms with van der Waals surface area (Å²) >= 11 is 0. The fourth-order valence-electron chi connectivity index (χ4n) is 2.27. The molecule has 0 bridgehead atoms. The highest BCUT2D eigenvalue weighted by molar-refractivity contribution is 5.77. The van der Waals surface area contributed by atoms with Crippen LogP contribution in [0.1, 0.15) is 18.7 Å². The van der Waals surface area contributed by atoms with Gasteiger partial charge in [0.25, 0.3) is 0 Å². The standard InChI is InChI=1S/C14H15N3O/c1-10-16-12-4-3-11(7-13(12)18-10)17(2)9-14(8-15)5-6-14/h3-4,7H,5-6,9H2,1-2H3. The van der Waals surface area contributed by atoms with E-state index in [9.17, 15) is 0 Å². The predicted molar refractivity (Wildman–Crippen MR) is 69.3 cm³/mol. The molecule has 0 spiro atoms. The zero-order valence-corrected chi connectivity index (χ0v) is 10.6. The van der Waals surface area contributed by atoms with Crippen molar-refractivity contribution in [2.45, 2.75) is 19.8 Å². The van der Waals surface area contributed by atoms with E-state index < -0.39 is 0 Å². The molecule has 4 heteroatoms. The van der Waals surface area contributed by atoms with Gasteiger partial charge in [-0.3, -0.25) is 0 Å². The molecular formula is C14H15N3O. The second-order valence-corrected chi connectivity index (χ2v) is 5.13. The minimum absolute atomic E-state index is 0.124. The highest BCUT2D eigenvalue weighted by atomic mass is 16.3. The van der Waals surface area contributed by atoms with Crippen LogP contribution in [0.2, 0.25) is 0 Å². The van der Waals surface area contributed by atoms with Crippen LogP contribution in [0.3, 0.4) is 0 Å². The molecule has 0 N–H and O–H groups in total. The molecule has 1 heterocycles. The van der Waals surface area contributed by atoms with Crippen LogP contribution >= 0.6 is 0 Å². The van der Waals surface area contributed by atoms with Crippen molar-refractivity contribution in [2.24, 2.45) is 5.41 Å².